The standard InChI is InChI=1S/C31H49N3O4/c1-11-13-14-15-16-21-34(28(36)25(22(3)4)32-29(37)38-31(8,9)10)26(27(35)33-30(5,6)7)24-19-17-23(12-2)18-20-24/h2,17-20,22,25-26H,11,13-16,21H2,1,3-10H3,(H,32,37)(H,33,35). The van der Waals surface area contributed by atoms with Crippen LogP contribution in [0.3, 0.4) is 0 Å². The normalized spacial score (nSPS) is 13.3. The fraction of sp³-hybridized carbons (Fsp3) is 0.645. The molecule has 0 bridgehead atoms. The molecule has 2 atom stereocenters. The van der Waals surface area contributed by atoms with Crippen LogP contribution < -0.4 is 10.6 Å². The van der Waals surface area contributed by atoms with E-state index in [0.717, 1.165) is 32.1 Å². The zero-order valence-electron chi connectivity index (χ0n) is 24.9. The maximum Gasteiger partial charge on any atom is 0.408 e. The van der Waals surface area contributed by atoms with Crippen LogP contribution in [-0.2, 0) is 14.3 Å². The molecule has 1 aromatic carbocycles. The molecular formula is C31H49N3O4. The third-order valence-electron chi connectivity index (χ3n) is 5.84. The van der Waals surface area contributed by atoms with Crippen LogP contribution in [0.5, 0.6) is 0 Å². The van der Waals surface area contributed by atoms with E-state index in [2.05, 4.69) is 23.5 Å². The van der Waals surface area contributed by atoms with Crippen molar-refractivity contribution in [3.8, 4) is 12.3 Å². The lowest BCUT2D eigenvalue weighted by molar-refractivity contribution is -0.144. The highest BCUT2D eigenvalue weighted by Crippen LogP contribution is 2.26. The molecule has 0 aromatic heterocycles. The molecule has 2 N–H and O–H groups in total. The minimum absolute atomic E-state index is 0.229. The molecule has 0 radical (unpaired) electrons. The lowest BCUT2D eigenvalue weighted by Crippen LogP contribution is -2.56. The first-order valence-electron chi connectivity index (χ1n) is 13.8. The summed E-state index contributed by atoms with van der Waals surface area (Å²) in [6.45, 7) is 17.3. The van der Waals surface area contributed by atoms with E-state index in [0.29, 0.717) is 17.7 Å². The number of hydrogen-bond donors (Lipinski definition) is 2. The van der Waals surface area contributed by atoms with Gasteiger partial charge in [-0.15, -0.1) is 6.42 Å². The predicted octanol–water partition coefficient (Wildman–Crippen LogP) is 5.97. The van der Waals surface area contributed by atoms with Gasteiger partial charge in [0.25, 0.3) is 0 Å². The molecule has 38 heavy (non-hydrogen) atoms. The summed E-state index contributed by atoms with van der Waals surface area (Å²) >= 11 is 0. The van der Waals surface area contributed by atoms with E-state index in [1.54, 1.807) is 49.9 Å². The smallest absolute Gasteiger partial charge is 0.408 e. The second kappa shape index (κ2) is 14.8. The van der Waals surface area contributed by atoms with Gasteiger partial charge in [-0.25, -0.2) is 4.79 Å². The van der Waals surface area contributed by atoms with Gasteiger partial charge in [-0.1, -0.05) is 64.5 Å². The van der Waals surface area contributed by atoms with Gasteiger partial charge in [-0.3, -0.25) is 9.59 Å². The van der Waals surface area contributed by atoms with Gasteiger partial charge >= 0.3 is 6.09 Å². The number of rotatable bonds is 12. The van der Waals surface area contributed by atoms with Crippen LogP contribution in [0.2, 0.25) is 0 Å². The molecule has 1 aromatic rings. The maximum atomic E-state index is 14.2. The van der Waals surface area contributed by atoms with Gasteiger partial charge < -0.3 is 20.3 Å². The third kappa shape index (κ3) is 11.6. The average molecular weight is 528 g/mol. The Balaban J connectivity index is 3.50. The number of carbonyl (C=O) groups excluding carboxylic acids is 3. The highest BCUT2D eigenvalue weighted by Gasteiger charge is 2.38. The number of ether oxygens (including phenoxy) is 1. The first-order chi connectivity index (χ1) is 17.6. The van der Waals surface area contributed by atoms with Gasteiger partial charge in [0.15, 0.2) is 0 Å². The molecule has 0 aliphatic carbocycles. The molecular weight excluding hydrogens is 478 g/mol. The molecule has 0 heterocycles. The van der Waals surface area contributed by atoms with Crippen molar-refractivity contribution in [2.45, 2.75) is 118 Å². The lowest BCUT2D eigenvalue weighted by Gasteiger charge is -2.37. The van der Waals surface area contributed by atoms with E-state index in [-0.39, 0.29) is 17.7 Å². The molecule has 0 spiro atoms. The van der Waals surface area contributed by atoms with Crippen LogP contribution >= 0.6 is 0 Å². The van der Waals surface area contributed by atoms with Gasteiger partial charge in [0.05, 0.1) is 0 Å². The molecule has 3 amide bonds. The number of terminal acetylenes is 1. The highest BCUT2D eigenvalue weighted by molar-refractivity contribution is 5.92. The zero-order chi connectivity index (χ0) is 29.1. The summed E-state index contributed by atoms with van der Waals surface area (Å²) in [5.74, 6) is 1.76. The Morgan fingerprint density at radius 1 is 0.974 bits per heavy atom. The molecule has 0 saturated heterocycles. The fourth-order valence-electron chi connectivity index (χ4n) is 4.05. The van der Waals surface area contributed by atoms with Gasteiger partial charge in [-0.05, 0) is 71.6 Å². The van der Waals surface area contributed by atoms with E-state index in [1.165, 1.54) is 0 Å². The SMILES string of the molecule is C#Cc1ccc(C(C(=O)NC(C)(C)C)N(CCCCCCC)C(=O)C(NC(=O)OC(C)(C)C)C(C)C)cc1. The Morgan fingerprint density at radius 2 is 1.55 bits per heavy atom. The second-order valence-corrected chi connectivity index (χ2v) is 12.2. The van der Waals surface area contributed by atoms with Crippen LogP contribution in [0.1, 0.15) is 112 Å². The molecule has 7 heteroatoms. The predicted molar refractivity (Wildman–Crippen MR) is 153 cm³/mol. The average Bonchev–Trinajstić information content (AvgIpc) is 2.79. The Morgan fingerprint density at radius 3 is 2.03 bits per heavy atom. The van der Waals surface area contributed by atoms with Crippen molar-refractivity contribution in [1.82, 2.24) is 15.5 Å². The number of carbonyl (C=O) groups is 3. The third-order valence-corrected chi connectivity index (χ3v) is 5.84. The zero-order valence-corrected chi connectivity index (χ0v) is 24.9. The minimum atomic E-state index is -0.888. The Hall–Kier alpha value is -3.01. The number of hydrogen-bond acceptors (Lipinski definition) is 4. The summed E-state index contributed by atoms with van der Waals surface area (Å²) in [6.07, 6.45) is 9.84. The highest BCUT2D eigenvalue weighted by atomic mass is 16.6. The Bertz CT molecular complexity index is 949. The van der Waals surface area contributed by atoms with Gasteiger partial charge in [0.1, 0.15) is 17.7 Å². The molecule has 1 rings (SSSR count). The largest absolute Gasteiger partial charge is 0.444 e. The van der Waals surface area contributed by atoms with E-state index in [4.69, 9.17) is 11.2 Å². The van der Waals surface area contributed by atoms with E-state index >= 15 is 0 Å². The van der Waals surface area contributed by atoms with E-state index < -0.39 is 29.3 Å². The Kier molecular flexibility index (Phi) is 12.9. The maximum absolute atomic E-state index is 14.2. The first kappa shape index (κ1) is 33.0. The summed E-state index contributed by atoms with van der Waals surface area (Å²) in [6, 6.07) is 5.39. The van der Waals surface area contributed by atoms with Crippen LogP contribution in [0.4, 0.5) is 4.79 Å². The summed E-state index contributed by atoms with van der Waals surface area (Å²) < 4.78 is 5.44. The van der Waals surface area contributed by atoms with Crippen molar-refractivity contribution in [1.29, 1.82) is 0 Å². The fourth-order valence-corrected chi connectivity index (χ4v) is 4.05. The molecule has 0 aliphatic heterocycles. The minimum Gasteiger partial charge on any atom is -0.444 e. The van der Waals surface area contributed by atoms with Gasteiger partial charge in [0, 0.05) is 17.6 Å². The molecule has 0 aliphatic rings. The molecule has 212 valence electrons. The number of benzene rings is 1. The van der Waals surface area contributed by atoms with Crippen LogP contribution in [0.25, 0.3) is 0 Å². The van der Waals surface area contributed by atoms with Crippen molar-refractivity contribution in [3.63, 3.8) is 0 Å². The second-order valence-electron chi connectivity index (χ2n) is 12.2. The van der Waals surface area contributed by atoms with Crippen LogP contribution in [0.15, 0.2) is 24.3 Å². The summed E-state index contributed by atoms with van der Waals surface area (Å²) in [4.78, 5) is 42.2. The van der Waals surface area contributed by atoms with Crippen molar-refractivity contribution in [3.05, 3.63) is 35.4 Å². The summed E-state index contributed by atoms with van der Waals surface area (Å²) in [7, 11) is 0. The number of alkyl carbamates (subject to hydrolysis) is 1. The number of nitrogens with zero attached hydrogens (tertiary/aromatic N) is 1. The Labute approximate surface area is 230 Å². The number of amides is 3. The molecule has 0 fully saturated rings. The first-order valence-corrected chi connectivity index (χ1v) is 13.8. The topological polar surface area (TPSA) is 87.7 Å². The number of unbranched alkanes of at least 4 members (excludes halogenated alkanes) is 4. The quantitative estimate of drug-likeness (QED) is 0.259. The van der Waals surface area contributed by atoms with Crippen LogP contribution in [-0.4, -0.2) is 46.5 Å². The molecule has 7 nitrogen and oxygen atoms in total. The molecule has 0 saturated carbocycles. The van der Waals surface area contributed by atoms with E-state index in [9.17, 15) is 14.4 Å². The van der Waals surface area contributed by atoms with Gasteiger partial charge in [-0.2, -0.15) is 0 Å². The van der Waals surface area contributed by atoms with Crippen molar-refractivity contribution in [2.24, 2.45) is 5.92 Å². The van der Waals surface area contributed by atoms with E-state index in [1.807, 2.05) is 34.6 Å². The van der Waals surface area contributed by atoms with Crippen molar-refractivity contribution < 1.29 is 19.1 Å². The monoisotopic (exact) mass is 527 g/mol. The summed E-state index contributed by atoms with van der Waals surface area (Å²) in [5.41, 5.74) is 0.137. The van der Waals surface area contributed by atoms with Crippen LogP contribution in [0, 0.1) is 18.3 Å². The van der Waals surface area contributed by atoms with Crippen molar-refractivity contribution >= 4 is 17.9 Å². The van der Waals surface area contributed by atoms with Gasteiger partial charge in [0.2, 0.25) is 11.8 Å². The molecule has 2 unspecified atom stereocenters. The number of nitrogens with one attached hydrogen (secondary N) is 2. The van der Waals surface area contributed by atoms with Crippen molar-refractivity contribution in [2.75, 3.05) is 6.54 Å². The summed E-state index contributed by atoms with van der Waals surface area (Å²) in [5, 5.41) is 5.81. The lowest BCUT2D eigenvalue weighted by atomic mass is 9.97.